The van der Waals surface area contributed by atoms with E-state index in [1.807, 2.05) is 0 Å². The first-order valence-electron chi connectivity index (χ1n) is 0. The monoisotopic (exact) mass is 261 g/mol. The van der Waals surface area contributed by atoms with E-state index in [-0.39, 0.29) is 88.3 Å². The van der Waals surface area contributed by atoms with Gasteiger partial charge >= 0.3 is 60.9 Å². The molecule has 0 unspecified atom stereocenters. The molecule has 0 aromatic rings. The fourth-order valence-corrected chi connectivity index (χ4v) is 0. The molecule has 0 spiro atoms. The van der Waals surface area contributed by atoms with E-state index >= 15 is 0 Å². The fourth-order valence-electron chi connectivity index (χ4n) is 0. The summed E-state index contributed by atoms with van der Waals surface area (Å²) < 4.78 is 0. The third kappa shape index (κ3) is 114. The summed E-state index contributed by atoms with van der Waals surface area (Å²) in [5.74, 6) is 0. The van der Waals surface area contributed by atoms with Gasteiger partial charge in [0.1, 0.15) is 0 Å². The normalized spacial score (nSPS) is 0. The van der Waals surface area contributed by atoms with Crippen LogP contribution in [0.4, 0.5) is 0 Å². The zero-order chi connectivity index (χ0) is 0. The maximum atomic E-state index is 0. The predicted octanol–water partition coefficient (Wildman–Crippen LogP) is -0.980. The van der Waals surface area contributed by atoms with Crippen LogP contribution in [0, 0.1) is 0 Å². The molecule has 0 aliphatic carbocycles. The quantitative estimate of drug-likeness (QED) is 0.493. The van der Waals surface area contributed by atoms with Gasteiger partial charge in [0.15, 0.2) is 0 Å². The second kappa shape index (κ2) is 170. The second-order valence-corrected chi connectivity index (χ2v) is 0. The van der Waals surface area contributed by atoms with Crippen LogP contribution in [0.3, 0.4) is 0 Å². The molecule has 8 heavy (non-hydrogen) atoms. The van der Waals surface area contributed by atoms with Gasteiger partial charge in [-0.05, 0) is 0 Å². The molecule has 0 amide bonds. The minimum Gasteiger partial charge on any atom is -2.00 e. The Bertz CT molecular complexity index is 12.4. The first kappa shape index (κ1) is 242. The summed E-state index contributed by atoms with van der Waals surface area (Å²) in [6.45, 7) is 0. The molecule has 0 heterocycles. The van der Waals surface area contributed by atoms with Crippen LogP contribution in [0.15, 0.2) is 0 Å². The van der Waals surface area contributed by atoms with Crippen LogP contribution >= 0.6 is 0 Å². The summed E-state index contributed by atoms with van der Waals surface area (Å²) >= 11 is 0. The number of rotatable bonds is 0. The maximum Gasteiger partial charge on any atom is 6.00 e. The van der Waals surface area contributed by atoms with Crippen molar-refractivity contribution in [2.45, 2.75) is 0 Å². The summed E-state index contributed by atoms with van der Waals surface area (Å²) in [6.07, 6.45) is 0. The van der Waals surface area contributed by atoms with Crippen LogP contribution in [0.2, 0.25) is 0 Å². The van der Waals surface area contributed by atoms with E-state index in [1.54, 1.807) is 0 Å². The Hall–Kier alpha value is 1.76. The van der Waals surface area contributed by atoms with Gasteiger partial charge in [0.25, 0.3) is 0 Å². The molecule has 0 rings (SSSR count). The van der Waals surface area contributed by atoms with Gasteiger partial charge in [-0.15, -0.1) is 0 Å². The van der Waals surface area contributed by atoms with E-state index < -0.39 is 0 Å². The largest absolute Gasteiger partial charge is 6.00 e. The van der Waals surface area contributed by atoms with Crippen molar-refractivity contribution in [1.29, 1.82) is 0 Å². The van der Waals surface area contributed by atoms with E-state index in [4.69, 9.17) is 0 Å². The summed E-state index contributed by atoms with van der Waals surface area (Å²) in [5, 5.41) is 0. The Kier molecular flexibility index (Phi) is 5140. The molecule has 0 aromatic carbocycles. The van der Waals surface area contributed by atoms with Crippen molar-refractivity contribution in [3.8, 4) is 0 Å². The summed E-state index contributed by atoms with van der Waals surface area (Å²) in [5.41, 5.74) is 0. The second-order valence-electron chi connectivity index (χ2n) is 0. The van der Waals surface area contributed by atoms with Crippen LogP contribution in [0.5, 0.6) is 0 Å². The minimum atomic E-state index is 0. The Labute approximate surface area is 87.8 Å². The third-order valence-corrected chi connectivity index (χ3v) is 0. The van der Waals surface area contributed by atoms with Gasteiger partial charge in [-0.2, -0.15) is 0 Å². The Balaban J connectivity index is 0. The predicted molar refractivity (Wildman–Crippen MR) is 9.19 cm³/mol. The SMILES string of the molecule is [Co+2].[Mg+2].[Mo+6].[O-2].[O-2].[O-2].[O-2].[O-2]. The first-order valence-corrected chi connectivity index (χ1v) is 0. The molecule has 0 saturated heterocycles. The van der Waals surface area contributed by atoms with Crippen LogP contribution in [0.1, 0.15) is 0 Å². The van der Waals surface area contributed by atoms with E-state index in [9.17, 15) is 0 Å². The molecule has 0 N–H and O–H groups in total. The van der Waals surface area contributed by atoms with Crippen molar-refractivity contribution < 1.29 is 65.2 Å². The summed E-state index contributed by atoms with van der Waals surface area (Å²) in [4.78, 5) is 0. The van der Waals surface area contributed by atoms with Crippen LogP contribution < -0.4 is 0 Å². The maximum absolute atomic E-state index is 0. The molecular weight excluding hydrogens is 259 g/mol. The van der Waals surface area contributed by atoms with Gasteiger partial charge in [-0.3, -0.25) is 0 Å². The minimum absolute atomic E-state index is 0. The van der Waals surface area contributed by atoms with Crippen molar-refractivity contribution in [2.24, 2.45) is 0 Å². The third-order valence-electron chi connectivity index (χ3n) is 0. The van der Waals surface area contributed by atoms with E-state index in [1.165, 1.54) is 0 Å². The molecule has 47 valence electrons. The molecule has 0 bridgehead atoms. The number of hydrogen-bond acceptors (Lipinski definition) is 0. The van der Waals surface area contributed by atoms with Crippen molar-refractivity contribution in [2.75, 3.05) is 0 Å². The van der Waals surface area contributed by atoms with Gasteiger partial charge < -0.3 is 27.4 Å². The Morgan fingerprint density at radius 2 is 0.500 bits per heavy atom. The Morgan fingerprint density at radius 3 is 0.500 bits per heavy atom. The van der Waals surface area contributed by atoms with Crippen molar-refractivity contribution in [3.63, 3.8) is 0 Å². The van der Waals surface area contributed by atoms with Crippen molar-refractivity contribution >= 4 is 23.1 Å². The molecule has 0 atom stereocenters. The number of hydrogen-bond donors (Lipinski definition) is 0. The average Bonchev–Trinajstić information content (AvgIpc) is 0. The molecule has 1 radical (unpaired) electrons. The first-order chi connectivity index (χ1) is 0. The molecule has 0 fully saturated rings. The zero-order valence-electron chi connectivity index (χ0n) is 3.49. The van der Waals surface area contributed by atoms with Crippen LogP contribution in [-0.2, 0) is 65.2 Å². The molecule has 0 aliphatic heterocycles. The molecular formula is CoMgMoO5. The van der Waals surface area contributed by atoms with Crippen molar-refractivity contribution in [1.82, 2.24) is 0 Å². The summed E-state index contributed by atoms with van der Waals surface area (Å²) in [7, 11) is 0. The Morgan fingerprint density at radius 1 is 0.500 bits per heavy atom. The van der Waals surface area contributed by atoms with E-state index in [2.05, 4.69) is 0 Å². The van der Waals surface area contributed by atoms with E-state index in [0.29, 0.717) is 0 Å². The zero-order valence-corrected chi connectivity index (χ0v) is 7.95. The standard InChI is InChI=1S/Co.Mg.Mo.5O/q2*+2;+6;5*-2. The van der Waals surface area contributed by atoms with Crippen LogP contribution in [0.25, 0.3) is 0 Å². The van der Waals surface area contributed by atoms with Gasteiger partial charge in [0.2, 0.25) is 0 Å². The topological polar surface area (TPSA) is 142 Å². The average molecular weight is 259 g/mol. The summed E-state index contributed by atoms with van der Waals surface area (Å²) in [6, 6.07) is 0. The van der Waals surface area contributed by atoms with Crippen molar-refractivity contribution in [3.05, 3.63) is 0 Å². The molecule has 8 heteroatoms. The van der Waals surface area contributed by atoms with E-state index in [0.717, 1.165) is 0 Å². The molecule has 0 aliphatic rings. The molecule has 0 aromatic heterocycles. The van der Waals surface area contributed by atoms with Gasteiger partial charge in [-0.1, -0.05) is 0 Å². The smallest absolute Gasteiger partial charge is 2.00 e. The molecule has 0 saturated carbocycles. The fraction of sp³-hybridized carbons (Fsp3) is 0. The van der Waals surface area contributed by atoms with Crippen LogP contribution in [-0.4, -0.2) is 23.1 Å². The van der Waals surface area contributed by atoms with Gasteiger partial charge in [-0.25, -0.2) is 0 Å². The van der Waals surface area contributed by atoms with Gasteiger partial charge in [0, 0.05) is 0 Å². The molecule has 5 nitrogen and oxygen atoms in total. The van der Waals surface area contributed by atoms with Gasteiger partial charge in [0.05, 0.1) is 0 Å².